The highest BCUT2D eigenvalue weighted by atomic mass is 16.6. The fraction of sp³-hybridized carbons (Fsp3) is 0.344. The number of dihydropyridines is 1. The smallest absolute Gasteiger partial charge is 0.337 e. The van der Waals surface area contributed by atoms with Gasteiger partial charge in [-0.3, -0.25) is 9.78 Å². The van der Waals surface area contributed by atoms with Crippen molar-refractivity contribution in [2.75, 3.05) is 20.3 Å². The van der Waals surface area contributed by atoms with E-state index in [0.29, 0.717) is 55.7 Å². The molecule has 7 heteroatoms. The maximum atomic E-state index is 14.1. The summed E-state index contributed by atoms with van der Waals surface area (Å²) in [7, 11) is 1.65. The van der Waals surface area contributed by atoms with Crippen LogP contribution in [0.3, 0.4) is 0 Å². The van der Waals surface area contributed by atoms with Gasteiger partial charge in [-0.15, -0.1) is 0 Å². The Morgan fingerprint density at radius 3 is 2.62 bits per heavy atom. The van der Waals surface area contributed by atoms with E-state index in [-0.39, 0.29) is 23.8 Å². The first-order valence-corrected chi connectivity index (χ1v) is 13.5. The van der Waals surface area contributed by atoms with Crippen molar-refractivity contribution in [1.82, 2.24) is 10.3 Å². The number of fused-ring (bicyclic) bond motifs is 1. The van der Waals surface area contributed by atoms with Crippen LogP contribution in [0.5, 0.6) is 5.75 Å². The number of allylic oxidation sites excluding steroid dienone is 3. The van der Waals surface area contributed by atoms with E-state index in [1.807, 2.05) is 61.5 Å². The SMILES string of the molecule is COc1ccccc1C1CC(=O)C2=C(C1)NC(C)=C(C(=O)OC1CCOCC1)C2c1cccc2ncccc12. The molecule has 2 aromatic carbocycles. The van der Waals surface area contributed by atoms with Crippen molar-refractivity contribution >= 4 is 22.7 Å². The molecule has 1 saturated heterocycles. The number of carbonyl (C=O) groups is 2. The first-order valence-electron chi connectivity index (χ1n) is 13.5. The van der Waals surface area contributed by atoms with Gasteiger partial charge in [0.05, 0.1) is 31.4 Å². The fourth-order valence-corrected chi connectivity index (χ4v) is 6.23. The highest BCUT2D eigenvalue weighted by Gasteiger charge is 2.42. The molecule has 0 bridgehead atoms. The predicted octanol–water partition coefficient (Wildman–Crippen LogP) is 5.33. The van der Waals surface area contributed by atoms with Crippen molar-refractivity contribution in [3.63, 3.8) is 0 Å². The number of nitrogens with zero attached hydrogens (tertiary/aromatic N) is 1. The van der Waals surface area contributed by atoms with Gasteiger partial charge in [0.1, 0.15) is 11.9 Å². The number of pyridine rings is 1. The number of rotatable bonds is 5. The molecule has 1 aliphatic carbocycles. The first kappa shape index (κ1) is 25.3. The third-order valence-electron chi connectivity index (χ3n) is 8.06. The number of esters is 1. The molecule has 39 heavy (non-hydrogen) atoms. The van der Waals surface area contributed by atoms with Crippen LogP contribution in [0.2, 0.25) is 0 Å². The average molecular weight is 525 g/mol. The zero-order chi connectivity index (χ0) is 26.9. The summed E-state index contributed by atoms with van der Waals surface area (Å²) in [6.45, 7) is 3.05. The average Bonchev–Trinajstić information content (AvgIpc) is 2.96. The maximum absolute atomic E-state index is 14.1. The second kappa shape index (κ2) is 10.7. The number of nitrogens with one attached hydrogen (secondary N) is 1. The zero-order valence-corrected chi connectivity index (χ0v) is 22.2. The van der Waals surface area contributed by atoms with Gasteiger partial charge in [-0.05, 0) is 42.7 Å². The van der Waals surface area contributed by atoms with Crippen molar-refractivity contribution in [2.24, 2.45) is 0 Å². The molecule has 3 aliphatic rings. The summed E-state index contributed by atoms with van der Waals surface area (Å²) >= 11 is 0. The molecule has 0 radical (unpaired) electrons. The van der Waals surface area contributed by atoms with Gasteiger partial charge in [-0.1, -0.05) is 36.4 Å². The van der Waals surface area contributed by atoms with Crippen LogP contribution in [0.25, 0.3) is 10.9 Å². The molecule has 7 nitrogen and oxygen atoms in total. The first-order chi connectivity index (χ1) is 19.0. The molecule has 3 heterocycles. The van der Waals surface area contributed by atoms with E-state index in [2.05, 4.69) is 10.3 Å². The Bertz CT molecular complexity index is 1500. The molecule has 3 aromatic rings. The highest BCUT2D eigenvalue weighted by Crippen LogP contribution is 2.48. The van der Waals surface area contributed by atoms with Gasteiger partial charge in [0.2, 0.25) is 0 Å². The number of Topliss-reactive ketones (excluding diaryl/α,β-unsaturated/α-hetero) is 1. The summed E-state index contributed by atoms with van der Waals surface area (Å²) in [5.41, 5.74) is 5.41. The van der Waals surface area contributed by atoms with Crippen LogP contribution in [-0.2, 0) is 19.1 Å². The summed E-state index contributed by atoms with van der Waals surface area (Å²) in [6.07, 6.45) is 3.87. The molecular weight excluding hydrogens is 492 g/mol. The van der Waals surface area contributed by atoms with Crippen molar-refractivity contribution in [3.8, 4) is 5.75 Å². The normalized spacial score (nSPS) is 21.9. The maximum Gasteiger partial charge on any atom is 0.337 e. The molecule has 0 spiro atoms. The number of hydrogen-bond donors (Lipinski definition) is 1. The van der Waals surface area contributed by atoms with Crippen LogP contribution in [-0.4, -0.2) is 43.2 Å². The lowest BCUT2D eigenvalue weighted by molar-refractivity contribution is -0.148. The summed E-state index contributed by atoms with van der Waals surface area (Å²) in [5, 5.41) is 4.38. The molecule has 2 atom stereocenters. The molecule has 1 N–H and O–H groups in total. The Hall–Kier alpha value is -3.97. The zero-order valence-electron chi connectivity index (χ0n) is 22.2. The summed E-state index contributed by atoms with van der Waals surface area (Å²) in [4.78, 5) is 32.4. The monoisotopic (exact) mass is 524 g/mol. The number of para-hydroxylation sites is 1. The van der Waals surface area contributed by atoms with Crippen LogP contribution >= 0.6 is 0 Å². The van der Waals surface area contributed by atoms with E-state index in [4.69, 9.17) is 14.2 Å². The lowest BCUT2D eigenvalue weighted by Gasteiger charge is -2.37. The molecule has 2 aliphatic heterocycles. The Labute approximate surface area is 227 Å². The number of ketones is 1. The molecule has 6 rings (SSSR count). The number of benzene rings is 2. The van der Waals surface area contributed by atoms with Crippen LogP contribution in [0, 0.1) is 0 Å². The Kier molecular flexibility index (Phi) is 6.92. The Balaban J connectivity index is 1.45. The van der Waals surface area contributed by atoms with E-state index in [1.165, 1.54) is 0 Å². The van der Waals surface area contributed by atoms with Crippen LogP contribution in [0.4, 0.5) is 0 Å². The topological polar surface area (TPSA) is 86.8 Å². The van der Waals surface area contributed by atoms with Gasteiger partial charge in [0.25, 0.3) is 0 Å². The third kappa shape index (κ3) is 4.72. The standard InChI is InChI=1S/C32H32N2O5/c1-19-29(32(36)39-21-12-15-38-16-13-21)30(24-8-5-10-25-23(24)9-6-14-33-25)31-26(34-19)17-20(18-27(31)35)22-7-3-4-11-28(22)37-2/h3-11,14,20-21,30,34H,12-13,15-18H2,1-2H3. The number of hydrogen-bond acceptors (Lipinski definition) is 7. The number of carbonyl (C=O) groups excluding carboxylic acids is 2. The third-order valence-corrected chi connectivity index (χ3v) is 8.06. The summed E-state index contributed by atoms with van der Waals surface area (Å²) < 4.78 is 17.1. The fourth-order valence-electron chi connectivity index (χ4n) is 6.23. The minimum Gasteiger partial charge on any atom is -0.496 e. The minimum atomic E-state index is -0.549. The second-order valence-corrected chi connectivity index (χ2v) is 10.4. The van der Waals surface area contributed by atoms with Gasteiger partial charge < -0.3 is 19.5 Å². The predicted molar refractivity (Wildman–Crippen MR) is 147 cm³/mol. The van der Waals surface area contributed by atoms with Crippen LogP contribution in [0.1, 0.15) is 55.6 Å². The van der Waals surface area contributed by atoms with Crippen LogP contribution in [0.15, 0.2) is 83.3 Å². The summed E-state index contributed by atoms with van der Waals surface area (Å²) in [5.74, 6) is -0.163. The molecule has 2 unspecified atom stereocenters. The Morgan fingerprint density at radius 1 is 1.00 bits per heavy atom. The highest BCUT2D eigenvalue weighted by molar-refractivity contribution is 6.05. The van der Waals surface area contributed by atoms with E-state index < -0.39 is 5.92 Å². The molecule has 200 valence electrons. The molecule has 0 amide bonds. The van der Waals surface area contributed by atoms with Gasteiger partial charge in [-0.25, -0.2) is 4.79 Å². The van der Waals surface area contributed by atoms with Crippen molar-refractivity contribution < 1.29 is 23.8 Å². The second-order valence-electron chi connectivity index (χ2n) is 10.4. The van der Waals surface area contributed by atoms with Gasteiger partial charge in [0.15, 0.2) is 5.78 Å². The molecular formula is C32H32N2O5. The molecule has 1 fully saturated rings. The quantitative estimate of drug-likeness (QED) is 0.452. The number of methoxy groups -OCH3 is 1. The number of ether oxygens (including phenoxy) is 3. The lowest BCUT2D eigenvalue weighted by Crippen LogP contribution is -2.37. The van der Waals surface area contributed by atoms with Crippen molar-refractivity contribution in [2.45, 2.75) is 50.5 Å². The van der Waals surface area contributed by atoms with E-state index in [1.54, 1.807) is 13.3 Å². The summed E-state index contributed by atoms with van der Waals surface area (Å²) in [6, 6.07) is 17.6. The van der Waals surface area contributed by atoms with Gasteiger partial charge in [0, 0.05) is 59.6 Å². The van der Waals surface area contributed by atoms with E-state index in [9.17, 15) is 9.59 Å². The number of aromatic nitrogens is 1. The van der Waals surface area contributed by atoms with Crippen molar-refractivity contribution in [3.05, 3.63) is 94.5 Å². The van der Waals surface area contributed by atoms with Gasteiger partial charge >= 0.3 is 5.97 Å². The van der Waals surface area contributed by atoms with Gasteiger partial charge in [-0.2, -0.15) is 0 Å². The minimum absolute atomic E-state index is 0.0226. The van der Waals surface area contributed by atoms with E-state index >= 15 is 0 Å². The van der Waals surface area contributed by atoms with E-state index in [0.717, 1.165) is 33.5 Å². The largest absolute Gasteiger partial charge is 0.496 e. The Morgan fingerprint density at radius 2 is 1.79 bits per heavy atom. The molecule has 0 saturated carbocycles. The van der Waals surface area contributed by atoms with Crippen LogP contribution < -0.4 is 10.1 Å². The lowest BCUT2D eigenvalue weighted by atomic mass is 9.71. The molecule has 1 aromatic heterocycles. The van der Waals surface area contributed by atoms with Crippen molar-refractivity contribution in [1.29, 1.82) is 0 Å².